The van der Waals surface area contributed by atoms with Crippen molar-refractivity contribution < 1.29 is 8.78 Å². The molecule has 1 saturated carbocycles. The first kappa shape index (κ1) is 15.4. The second kappa shape index (κ2) is 6.19. The summed E-state index contributed by atoms with van der Waals surface area (Å²) >= 11 is 0. The summed E-state index contributed by atoms with van der Waals surface area (Å²) < 4.78 is 27.1. The standard InChI is InChI=1S/C16H24F2N2/c1-19-15(12-9-13(17)11-14(18)10-12)16(20(2)3)7-5-4-6-8-16/h9-11,15,19H,4-8H2,1-3H3. The van der Waals surface area contributed by atoms with E-state index in [1.165, 1.54) is 18.6 Å². The summed E-state index contributed by atoms with van der Waals surface area (Å²) in [6, 6.07) is 3.76. The van der Waals surface area contributed by atoms with E-state index >= 15 is 0 Å². The average Bonchev–Trinajstić information content (AvgIpc) is 2.39. The van der Waals surface area contributed by atoms with Crippen LogP contribution in [-0.4, -0.2) is 31.6 Å². The molecule has 1 N–H and O–H groups in total. The molecule has 0 aromatic heterocycles. The summed E-state index contributed by atoms with van der Waals surface area (Å²) in [6.07, 6.45) is 5.65. The van der Waals surface area contributed by atoms with Gasteiger partial charge in [0.15, 0.2) is 0 Å². The third-order valence-corrected chi connectivity index (χ3v) is 4.65. The molecule has 4 heteroatoms. The van der Waals surface area contributed by atoms with Crippen molar-refractivity contribution in [2.45, 2.75) is 43.7 Å². The van der Waals surface area contributed by atoms with E-state index in [1.807, 2.05) is 7.05 Å². The lowest BCUT2D eigenvalue weighted by molar-refractivity contribution is 0.0592. The fraction of sp³-hybridized carbons (Fsp3) is 0.625. The fourth-order valence-electron chi connectivity index (χ4n) is 3.65. The predicted molar refractivity (Wildman–Crippen MR) is 77.7 cm³/mol. The van der Waals surface area contributed by atoms with E-state index in [1.54, 1.807) is 0 Å². The van der Waals surface area contributed by atoms with E-state index in [0.29, 0.717) is 5.56 Å². The molecule has 2 rings (SSSR count). The topological polar surface area (TPSA) is 15.3 Å². The molecule has 1 unspecified atom stereocenters. The minimum atomic E-state index is -0.509. The zero-order valence-electron chi connectivity index (χ0n) is 12.5. The maximum Gasteiger partial charge on any atom is 0.126 e. The Balaban J connectivity index is 2.42. The van der Waals surface area contributed by atoms with Gasteiger partial charge >= 0.3 is 0 Å². The third kappa shape index (κ3) is 2.86. The molecule has 112 valence electrons. The number of likely N-dealkylation sites (N-methyl/N-ethyl adjacent to an activating group) is 2. The lowest BCUT2D eigenvalue weighted by Crippen LogP contribution is -2.54. The van der Waals surface area contributed by atoms with E-state index in [9.17, 15) is 8.78 Å². The van der Waals surface area contributed by atoms with Crippen LogP contribution in [0.3, 0.4) is 0 Å². The SMILES string of the molecule is CNC(c1cc(F)cc(F)c1)C1(N(C)C)CCCCC1. The van der Waals surface area contributed by atoms with E-state index in [-0.39, 0.29) is 11.6 Å². The summed E-state index contributed by atoms with van der Waals surface area (Å²) in [5, 5.41) is 3.29. The van der Waals surface area contributed by atoms with Crippen molar-refractivity contribution in [3.05, 3.63) is 35.4 Å². The highest BCUT2D eigenvalue weighted by molar-refractivity contribution is 5.25. The van der Waals surface area contributed by atoms with Gasteiger partial charge in [-0.2, -0.15) is 0 Å². The largest absolute Gasteiger partial charge is 0.311 e. The first-order valence-electron chi connectivity index (χ1n) is 7.30. The summed E-state index contributed by atoms with van der Waals surface area (Å²) in [5.41, 5.74) is 0.619. The van der Waals surface area contributed by atoms with Crippen LogP contribution in [0.1, 0.15) is 43.7 Å². The van der Waals surface area contributed by atoms with Crippen LogP contribution < -0.4 is 5.32 Å². The lowest BCUT2D eigenvalue weighted by atomic mass is 9.73. The molecule has 0 aliphatic heterocycles. The summed E-state index contributed by atoms with van der Waals surface area (Å²) in [5.74, 6) is -1.02. The van der Waals surface area contributed by atoms with Crippen molar-refractivity contribution in [3.8, 4) is 0 Å². The van der Waals surface area contributed by atoms with Crippen molar-refractivity contribution in [2.75, 3.05) is 21.1 Å². The van der Waals surface area contributed by atoms with Gasteiger partial charge in [0, 0.05) is 11.6 Å². The van der Waals surface area contributed by atoms with Crippen molar-refractivity contribution in [1.29, 1.82) is 0 Å². The van der Waals surface area contributed by atoms with Crippen LogP contribution in [0.5, 0.6) is 0 Å². The second-order valence-electron chi connectivity index (χ2n) is 5.98. The van der Waals surface area contributed by atoms with Crippen LogP contribution in [-0.2, 0) is 0 Å². The van der Waals surface area contributed by atoms with Gasteiger partial charge in [-0.15, -0.1) is 0 Å². The van der Waals surface area contributed by atoms with Crippen LogP contribution in [0, 0.1) is 11.6 Å². The predicted octanol–water partition coefficient (Wildman–Crippen LogP) is 3.49. The van der Waals surface area contributed by atoms with Crippen molar-refractivity contribution in [1.82, 2.24) is 10.2 Å². The molecule has 1 aromatic rings. The molecule has 1 fully saturated rings. The molecule has 1 aliphatic carbocycles. The van der Waals surface area contributed by atoms with Crippen LogP contribution in [0.15, 0.2) is 18.2 Å². The van der Waals surface area contributed by atoms with Gasteiger partial charge in [0.25, 0.3) is 0 Å². The number of nitrogens with one attached hydrogen (secondary N) is 1. The van der Waals surface area contributed by atoms with Gasteiger partial charge < -0.3 is 10.2 Å². The molecule has 20 heavy (non-hydrogen) atoms. The highest BCUT2D eigenvalue weighted by Crippen LogP contribution is 2.42. The molecular formula is C16H24F2N2. The van der Waals surface area contributed by atoms with Crippen LogP contribution in [0.25, 0.3) is 0 Å². The molecular weight excluding hydrogens is 258 g/mol. The monoisotopic (exact) mass is 282 g/mol. The molecule has 0 saturated heterocycles. The number of benzene rings is 1. The molecule has 1 aliphatic rings. The zero-order valence-corrected chi connectivity index (χ0v) is 12.5. The van der Waals surface area contributed by atoms with Crippen LogP contribution in [0.4, 0.5) is 8.78 Å². The van der Waals surface area contributed by atoms with Gasteiger partial charge in [-0.25, -0.2) is 8.78 Å². The first-order valence-corrected chi connectivity index (χ1v) is 7.30. The Morgan fingerprint density at radius 2 is 1.60 bits per heavy atom. The van der Waals surface area contributed by atoms with E-state index < -0.39 is 11.6 Å². The molecule has 0 radical (unpaired) electrons. The Labute approximate surface area is 120 Å². The quantitative estimate of drug-likeness (QED) is 0.909. The minimum absolute atomic E-state index is 0.0667. The van der Waals surface area contributed by atoms with Gasteiger partial charge in [0.05, 0.1) is 6.04 Å². The van der Waals surface area contributed by atoms with Crippen LogP contribution in [0.2, 0.25) is 0 Å². The summed E-state index contributed by atoms with van der Waals surface area (Å²) in [7, 11) is 5.99. The Kier molecular flexibility index (Phi) is 4.76. The zero-order chi connectivity index (χ0) is 14.8. The van der Waals surface area contributed by atoms with Gasteiger partial charge in [0.1, 0.15) is 11.6 Å². The molecule has 0 spiro atoms. The average molecular weight is 282 g/mol. The number of rotatable bonds is 4. The number of hydrogen-bond donors (Lipinski definition) is 1. The maximum atomic E-state index is 13.5. The van der Waals surface area contributed by atoms with E-state index in [0.717, 1.165) is 31.7 Å². The van der Waals surface area contributed by atoms with Gasteiger partial charge in [0.2, 0.25) is 0 Å². The van der Waals surface area contributed by atoms with Crippen molar-refractivity contribution in [2.24, 2.45) is 0 Å². The summed E-state index contributed by atoms with van der Waals surface area (Å²) in [6.45, 7) is 0. The van der Waals surface area contributed by atoms with Gasteiger partial charge in [-0.3, -0.25) is 0 Å². The Hall–Kier alpha value is -1.00. The smallest absolute Gasteiger partial charge is 0.126 e. The summed E-state index contributed by atoms with van der Waals surface area (Å²) in [4.78, 5) is 2.22. The molecule has 1 aromatic carbocycles. The highest BCUT2D eigenvalue weighted by atomic mass is 19.1. The molecule has 0 heterocycles. The lowest BCUT2D eigenvalue weighted by Gasteiger charge is -2.48. The minimum Gasteiger partial charge on any atom is -0.311 e. The number of hydrogen-bond acceptors (Lipinski definition) is 2. The molecule has 0 bridgehead atoms. The molecule has 0 amide bonds. The Morgan fingerprint density at radius 3 is 2.05 bits per heavy atom. The van der Waals surface area contributed by atoms with E-state index in [2.05, 4.69) is 24.3 Å². The second-order valence-corrected chi connectivity index (χ2v) is 5.98. The first-order chi connectivity index (χ1) is 9.49. The maximum absolute atomic E-state index is 13.5. The van der Waals surface area contributed by atoms with Crippen molar-refractivity contribution >= 4 is 0 Å². The fourth-order valence-corrected chi connectivity index (χ4v) is 3.65. The molecule has 2 nitrogen and oxygen atoms in total. The Bertz CT molecular complexity index is 434. The highest BCUT2D eigenvalue weighted by Gasteiger charge is 2.42. The van der Waals surface area contributed by atoms with E-state index in [4.69, 9.17) is 0 Å². The Morgan fingerprint density at radius 1 is 1.05 bits per heavy atom. The van der Waals surface area contributed by atoms with Gasteiger partial charge in [-0.05, 0) is 51.7 Å². The third-order valence-electron chi connectivity index (χ3n) is 4.65. The van der Waals surface area contributed by atoms with Crippen molar-refractivity contribution in [3.63, 3.8) is 0 Å². The van der Waals surface area contributed by atoms with Gasteiger partial charge in [-0.1, -0.05) is 19.3 Å². The molecule has 1 atom stereocenters. The number of halogens is 2. The normalized spacial score (nSPS) is 20.1. The number of nitrogens with zero attached hydrogens (tertiary/aromatic N) is 1. The van der Waals surface area contributed by atoms with Crippen LogP contribution >= 0.6 is 0 Å².